The first-order valence-corrected chi connectivity index (χ1v) is 12.3. The normalized spacial score (nSPS) is 15.5. The number of benzene rings is 1. The van der Waals surface area contributed by atoms with E-state index < -0.39 is 0 Å². The molecule has 0 aliphatic carbocycles. The van der Waals surface area contributed by atoms with Gasteiger partial charge in [0.1, 0.15) is 11.9 Å². The van der Waals surface area contributed by atoms with E-state index in [0.717, 1.165) is 35.0 Å². The maximum absolute atomic E-state index is 9.32. The largest absolute Gasteiger partial charge is 0.460 e. The number of hydrogen-bond donors (Lipinski definition) is 2. The highest BCUT2D eigenvalue weighted by Gasteiger charge is 2.18. The van der Waals surface area contributed by atoms with Gasteiger partial charge in [-0.3, -0.25) is 4.90 Å². The fraction of sp³-hybridized carbons (Fsp3) is 0.500. The first-order valence-electron chi connectivity index (χ1n) is 11.5. The number of fused-ring (bicyclic) bond motifs is 1. The van der Waals surface area contributed by atoms with Gasteiger partial charge in [-0.05, 0) is 65.5 Å². The summed E-state index contributed by atoms with van der Waals surface area (Å²) in [5.41, 5.74) is 9.51. The van der Waals surface area contributed by atoms with Crippen LogP contribution in [0.25, 0.3) is 11.0 Å². The molecule has 2 aromatic heterocycles. The second-order valence-corrected chi connectivity index (χ2v) is 9.33. The van der Waals surface area contributed by atoms with Gasteiger partial charge in [0.25, 0.3) is 0 Å². The van der Waals surface area contributed by atoms with Gasteiger partial charge in [0, 0.05) is 19.6 Å². The van der Waals surface area contributed by atoms with Crippen LogP contribution < -0.4 is 10.5 Å². The van der Waals surface area contributed by atoms with Gasteiger partial charge in [-0.25, -0.2) is 0 Å². The second-order valence-electron chi connectivity index (χ2n) is 8.52. The highest BCUT2D eigenvalue weighted by molar-refractivity contribution is 9.10. The number of rotatable bonds is 10. The SMILES string of the molecule is CCC[C@H](CCO)Oc1nc(N)c2cc(Br)n(Cc3ccc(CN4CCCC4)cc3)c2n1. The smallest absolute Gasteiger partial charge is 0.320 e. The monoisotopic (exact) mass is 501 g/mol. The molecule has 7 nitrogen and oxygen atoms in total. The number of aromatic nitrogens is 3. The Balaban J connectivity index is 1.55. The third-order valence-corrected chi connectivity index (χ3v) is 6.67. The van der Waals surface area contributed by atoms with Crippen LogP contribution in [0.2, 0.25) is 0 Å². The molecule has 1 aromatic carbocycles. The van der Waals surface area contributed by atoms with Crippen LogP contribution in [0.1, 0.15) is 50.2 Å². The molecule has 3 heterocycles. The van der Waals surface area contributed by atoms with E-state index in [2.05, 4.69) is 66.6 Å². The van der Waals surface area contributed by atoms with Crippen LogP contribution >= 0.6 is 15.9 Å². The van der Waals surface area contributed by atoms with Crippen molar-refractivity contribution in [2.75, 3.05) is 25.4 Å². The van der Waals surface area contributed by atoms with Gasteiger partial charge in [-0.2, -0.15) is 9.97 Å². The summed E-state index contributed by atoms with van der Waals surface area (Å²) in [6, 6.07) is 11.0. The summed E-state index contributed by atoms with van der Waals surface area (Å²) in [5, 5.41) is 10.1. The van der Waals surface area contributed by atoms with Gasteiger partial charge in [0.05, 0.1) is 16.5 Å². The molecule has 32 heavy (non-hydrogen) atoms. The standard InChI is InChI=1S/C24H32BrN5O2/c1-2-5-19(10-13-31)32-24-27-22(26)20-14-21(25)30(23(20)28-24)16-18-8-6-17(7-9-18)15-29-11-3-4-12-29/h6-9,14,19,31H,2-5,10-13,15-16H2,1H3,(H2,26,27,28)/t19-/m1/s1. The van der Waals surface area contributed by atoms with Crippen LogP contribution in [0.4, 0.5) is 5.82 Å². The Morgan fingerprint density at radius 2 is 1.78 bits per heavy atom. The van der Waals surface area contributed by atoms with Gasteiger partial charge in [-0.1, -0.05) is 37.6 Å². The Bertz CT molecular complexity index is 1030. The van der Waals surface area contributed by atoms with Gasteiger partial charge in [0.15, 0.2) is 5.65 Å². The highest BCUT2D eigenvalue weighted by atomic mass is 79.9. The van der Waals surface area contributed by atoms with E-state index in [0.29, 0.717) is 18.8 Å². The van der Waals surface area contributed by atoms with Crippen molar-refractivity contribution in [3.05, 3.63) is 46.1 Å². The number of aliphatic hydroxyl groups is 1. The topological polar surface area (TPSA) is 89.4 Å². The van der Waals surface area contributed by atoms with Crippen LogP contribution in [-0.2, 0) is 13.1 Å². The van der Waals surface area contributed by atoms with Crippen LogP contribution in [0.15, 0.2) is 34.9 Å². The van der Waals surface area contributed by atoms with Crippen molar-refractivity contribution >= 4 is 32.8 Å². The molecule has 0 radical (unpaired) electrons. The van der Waals surface area contributed by atoms with Crippen LogP contribution in [0.5, 0.6) is 6.01 Å². The van der Waals surface area contributed by atoms with Crippen LogP contribution in [-0.4, -0.2) is 50.3 Å². The van der Waals surface area contributed by atoms with Crippen molar-refractivity contribution in [3.8, 4) is 6.01 Å². The number of aliphatic hydroxyl groups excluding tert-OH is 1. The molecule has 1 fully saturated rings. The van der Waals surface area contributed by atoms with Crippen molar-refractivity contribution in [2.24, 2.45) is 0 Å². The first kappa shape index (κ1) is 23.0. The second kappa shape index (κ2) is 10.6. The third kappa shape index (κ3) is 5.42. The van der Waals surface area contributed by atoms with Crippen molar-refractivity contribution in [2.45, 2.75) is 58.2 Å². The first-order chi connectivity index (χ1) is 15.6. The molecule has 0 saturated carbocycles. The van der Waals surface area contributed by atoms with E-state index >= 15 is 0 Å². The minimum Gasteiger partial charge on any atom is -0.460 e. The van der Waals surface area contributed by atoms with E-state index in [-0.39, 0.29) is 18.7 Å². The van der Waals surface area contributed by atoms with Gasteiger partial charge < -0.3 is 20.1 Å². The summed E-state index contributed by atoms with van der Waals surface area (Å²) < 4.78 is 8.96. The Morgan fingerprint density at radius 3 is 2.44 bits per heavy atom. The molecule has 1 atom stereocenters. The number of anilines is 1. The average molecular weight is 502 g/mol. The quantitative estimate of drug-likeness (QED) is 0.429. The number of nitrogens with zero attached hydrogens (tertiary/aromatic N) is 4. The summed E-state index contributed by atoms with van der Waals surface area (Å²) in [6.07, 6.45) is 4.82. The van der Waals surface area contributed by atoms with E-state index in [1.165, 1.54) is 37.1 Å². The minimum absolute atomic E-state index is 0.0675. The maximum Gasteiger partial charge on any atom is 0.320 e. The molecule has 4 rings (SSSR count). The summed E-state index contributed by atoms with van der Waals surface area (Å²) in [5.74, 6) is 0.393. The van der Waals surface area contributed by atoms with E-state index in [1.54, 1.807) is 0 Å². The van der Waals surface area contributed by atoms with Crippen molar-refractivity contribution < 1.29 is 9.84 Å². The van der Waals surface area contributed by atoms with Gasteiger partial charge in [0.2, 0.25) is 0 Å². The summed E-state index contributed by atoms with van der Waals surface area (Å²) >= 11 is 3.66. The number of nitrogens with two attached hydrogens (primary N) is 1. The summed E-state index contributed by atoms with van der Waals surface area (Å²) in [4.78, 5) is 11.5. The van der Waals surface area contributed by atoms with Crippen molar-refractivity contribution in [1.82, 2.24) is 19.4 Å². The lowest BCUT2D eigenvalue weighted by Gasteiger charge is -2.17. The molecular formula is C24H32BrN5O2. The molecule has 0 unspecified atom stereocenters. The molecular weight excluding hydrogens is 470 g/mol. The number of ether oxygens (including phenoxy) is 1. The van der Waals surface area contributed by atoms with E-state index in [1.807, 2.05) is 6.07 Å². The number of halogens is 1. The predicted molar refractivity (Wildman–Crippen MR) is 131 cm³/mol. The molecule has 3 N–H and O–H groups in total. The highest BCUT2D eigenvalue weighted by Crippen LogP contribution is 2.29. The Labute approximate surface area is 197 Å². The molecule has 172 valence electrons. The van der Waals surface area contributed by atoms with Gasteiger partial charge >= 0.3 is 6.01 Å². The predicted octanol–water partition coefficient (Wildman–Crippen LogP) is 4.35. The molecule has 1 aliphatic heterocycles. The third-order valence-electron chi connectivity index (χ3n) is 6.01. The molecule has 0 spiro atoms. The van der Waals surface area contributed by atoms with E-state index in [4.69, 9.17) is 10.5 Å². The lowest BCUT2D eigenvalue weighted by molar-refractivity contribution is 0.135. The van der Waals surface area contributed by atoms with Crippen molar-refractivity contribution in [1.29, 1.82) is 0 Å². The van der Waals surface area contributed by atoms with Crippen LogP contribution in [0, 0.1) is 0 Å². The zero-order valence-electron chi connectivity index (χ0n) is 18.6. The number of likely N-dealkylation sites (tertiary alicyclic amines) is 1. The minimum atomic E-state index is -0.128. The molecule has 1 saturated heterocycles. The van der Waals surface area contributed by atoms with E-state index in [9.17, 15) is 5.11 Å². The summed E-state index contributed by atoms with van der Waals surface area (Å²) in [7, 11) is 0. The lowest BCUT2D eigenvalue weighted by Crippen LogP contribution is -2.19. The van der Waals surface area contributed by atoms with Crippen molar-refractivity contribution in [3.63, 3.8) is 0 Å². The number of hydrogen-bond acceptors (Lipinski definition) is 6. The Kier molecular flexibility index (Phi) is 7.65. The number of nitrogen functional groups attached to an aromatic ring is 1. The Morgan fingerprint density at radius 1 is 1.09 bits per heavy atom. The molecule has 0 bridgehead atoms. The molecule has 8 heteroatoms. The zero-order valence-corrected chi connectivity index (χ0v) is 20.2. The lowest BCUT2D eigenvalue weighted by atomic mass is 10.1. The molecule has 1 aliphatic rings. The average Bonchev–Trinajstić information content (AvgIpc) is 3.39. The maximum atomic E-state index is 9.32. The molecule has 3 aromatic rings. The van der Waals surface area contributed by atoms with Crippen LogP contribution in [0.3, 0.4) is 0 Å². The van der Waals surface area contributed by atoms with Gasteiger partial charge in [-0.15, -0.1) is 0 Å². The fourth-order valence-corrected chi connectivity index (χ4v) is 4.83. The molecule has 0 amide bonds. The summed E-state index contributed by atoms with van der Waals surface area (Å²) in [6.45, 7) is 6.25. The fourth-order valence-electron chi connectivity index (χ4n) is 4.31. The zero-order chi connectivity index (χ0) is 22.5. The Hall–Kier alpha value is -2.16.